The fourth-order valence-corrected chi connectivity index (χ4v) is 3.51. The van der Waals surface area contributed by atoms with E-state index < -0.39 is 31.6 Å². The first kappa shape index (κ1) is 18.4. The van der Waals surface area contributed by atoms with Gasteiger partial charge in [0.15, 0.2) is 0 Å². The number of amides is 1. The summed E-state index contributed by atoms with van der Waals surface area (Å²) in [5.74, 6) is -0.124. The predicted molar refractivity (Wildman–Crippen MR) is 83.7 cm³/mol. The SMILES string of the molecule is CS(=O)CCCNC(=O)c1cc(Cl)cc(S(N)(=O)=O)c1Cl. The molecule has 0 saturated heterocycles. The maximum atomic E-state index is 12.0. The molecule has 1 unspecified atom stereocenters. The fraction of sp³-hybridized carbons (Fsp3) is 0.364. The summed E-state index contributed by atoms with van der Waals surface area (Å²) in [4.78, 5) is 11.6. The van der Waals surface area contributed by atoms with Crippen molar-refractivity contribution in [1.29, 1.82) is 0 Å². The number of halogens is 2. The highest BCUT2D eigenvalue weighted by atomic mass is 35.5. The number of nitrogens with two attached hydrogens (primary N) is 1. The second-order valence-electron chi connectivity index (χ2n) is 4.20. The minimum Gasteiger partial charge on any atom is -0.352 e. The number of nitrogens with one attached hydrogen (secondary N) is 1. The van der Waals surface area contributed by atoms with Crippen molar-refractivity contribution < 1.29 is 17.4 Å². The van der Waals surface area contributed by atoms with E-state index in [1.165, 1.54) is 6.07 Å². The number of hydrogen-bond acceptors (Lipinski definition) is 4. The molecule has 0 spiro atoms. The van der Waals surface area contributed by atoms with Crippen LogP contribution in [-0.2, 0) is 20.8 Å². The van der Waals surface area contributed by atoms with E-state index in [0.717, 1.165) is 6.07 Å². The summed E-state index contributed by atoms with van der Waals surface area (Å²) in [5, 5.41) is 7.31. The van der Waals surface area contributed by atoms with Gasteiger partial charge in [-0.15, -0.1) is 0 Å². The molecule has 118 valence electrons. The number of carbonyl (C=O) groups is 1. The zero-order valence-corrected chi connectivity index (χ0v) is 14.2. The van der Waals surface area contributed by atoms with Crippen molar-refractivity contribution in [2.45, 2.75) is 11.3 Å². The molecule has 0 bridgehead atoms. The number of rotatable bonds is 6. The molecule has 0 radical (unpaired) electrons. The van der Waals surface area contributed by atoms with E-state index in [9.17, 15) is 17.4 Å². The lowest BCUT2D eigenvalue weighted by Gasteiger charge is -2.10. The quantitative estimate of drug-likeness (QED) is 0.729. The summed E-state index contributed by atoms with van der Waals surface area (Å²) in [6.07, 6.45) is 2.09. The first-order valence-electron chi connectivity index (χ1n) is 5.73. The first-order valence-corrected chi connectivity index (χ1v) is 9.76. The van der Waals surface area contributed by atoms with E-state index in [1.807, 2.05) is 0 Å². The molecule has 6 nitrogen and oxygen atoms in total. The molecular formula is C11H14Cl2N2O4S2. The molecule has 1 atom stereocenters. The molecular weight excluding hydrogens is 359 g/mol. The van der Waals surface area contributed by atoms with Gasteiger partial charge in [-0.3, -0.25) is 9.00 Å². The summed E-state index contributed by atoms with van der Waals surface area (Å²) < 4.78 is 33.7. The van der Waals surface area contributed by atoms with Gasteiger partial charge < -0.3 is 5.32 Å². The Balaban J connectivity index is 2.95. The summed E-state index contributed by atoms with van der Waals surface area (Å²) in [6, 6.07) is 2.34. The van der Waals surface area contributed by atoms with Crippen LogP contribution in [0.4, 0.5) is 0 Å². The van der Waals surface area contributed by atoms with Crippen LogP contribution in [0.25, 0.3) is 0 Å². The second kappa shape index (κ2) is 7.55. The van der Waals surface area contributed by atoms with Crippen molar-refractivity contribution in [1.82, 2.24) is 5.32 Å². The Hall–Kier alpha value is -0.670. The summed E-state index contributed by atoms with van der Waals surface area (Å²) in [6.45, 7) is 0.284. The number of carbonyl (C=O) groups excluding carboxylic acids is 1. The lowest BCUT2D eigenvalue weighted by Crippen LogP contribution is -2.26. The number of sulfonamides is 1. The normalized spacial score (nSPS) is 13.0. The van der Waals surface area contributed by atoms with Crippen LogP contribution in [-0.4, -0.2) is 37.1 Å². The third kappa shape index (κ3) is 5.55. The van der Waals surface area contributed by atoms with Crippen LogP contribution in [0.5, 0.6) is 0 Å². The van der Waals surface area contributed by atoms with Crippen molar-refractivity contribution in [2.75, 3.05) is 18.6 Å². The van der Waals surface area contributed by atoms with Gasteiger partial charge >= 0.3 is 0 Å². The van der Waals surface area contributed by atoms with Crippen LogP contribution < -0.4 is 10.5 Å². The Kier molecular flexibility index (Phi) is 6.61. The molecule has 1 amide bonds. The molecule has 0 fully saturated rings. The summed E-state index contributed by atoms with van der Waals surface area (Å²) in [5.41, 5.74) is -0.0780. The van der Waals surface area contributed by atoms with E-state index in [-0.39, 0.29) is 22.2 Å². The van der Waals surface area contributed by atoms with Crippen LogP contribution in [0.15, 0.2) is 17.0 Å². The molecule has 10 heteroatoms. The van der Waals surface area contributed by atoms with Gasteiger partial charge in [-0.1, -0.05) is 23.2 Å². The summed E-state index contributed by atoms with van der Waals surface area (Å²) >= 11 is 11.7. The van der Waals surface area contributed by atoms with Crippen LogP contribution in [0.3, 0.4) is 0 Å². The smallest absolute Gasteiger partial charge is 0.252 e. The Morgan fingerprint density at radius 1 is 1.38 bits per heavy atom. The topological polar surface area (TPSA) is 106 Å². The van der Waals surface area contributed by atoms with Gasteiger partial charge in [0, 0.05) is 34.4 Å². The first-order chi connectivity index (χ1) is 9.62. The highest BCUT2D eigenvalue weighted by Crippen LogP contribution is 2.28. The fourth-order valence-electron chi connectivity index (χ4n) is 1.51. The van der Waals surface area contributed by atoms with Crippen LogP contribution in [0.1, 0.15) is 16.8 Å². The van der Waals surface area contributed by atoms with E-state index in [2.05, 4.69) is 5.32 Å². The molecule has 0 aliphatic heterocycles. The molecule has 0 heterocycles. The third-order valence-corrected chi connectivity index (χ3v) is 4.99. The number of hydrogen-bond donors (Lipinski definition) is 2. The van der Waals surface area contributed by atoms with Crippen LogP contribution in [0.2, 0.25) is 10.0 Å². The van der Waals surface area contributed by atoms with Crippen molar-refractivity contribution in [3.05, 3.63) is 27.7 Å². The van der Waals surface area contributed by atoms with Crippen molar-refractivity contribution in [2.24, 2.45) is 5.14 Å². The van der Waals surface area contributed by atoms with Gasteiger partial charge in [-0.25, -0.2) is 13.6 Å². The van der Waals surface area contributed by atoms with E-state index in [0.29, 0.717) is 12.2 Å². The molecule has 3 N–H and O–H groups in total. The maximum Gasteiger partial charge on any atom is 0.252 e. The highest BCUT2D eigenvalue weighted by molar-refractivity contribution is 7.89. The molecule has 21 heavy (non-hydrogen) atoms. The van der Waals surface area contributed by atoms with E-state index >= 15 is 0 Å². The molecule has 0 saturated carbocycles. The van der Waals surface area contributed by atoms with Crippen molar-refractivity contribution >= 4 is 49.9 Å². The third-order valence-electron chi connectivity index (χ3n) is 2.45. The van der Waals surface area contributed by atoms with Crippen LogP contribution in [0, 0.1) is 0 Å². The monoisotopic (exact) mass is 372 g/mol. The Bertz CT molecular complexity index is 677. The predicted octanol–water partition coefficient (Wildman–Crippen LogP) is 1.14. The summed E-state index contributed by atoms with van der Waals surface area (Å²) in [7, 11) is -5.03. The van der Waals surface area contributed by atoms with E-state index in [4.69, 9.17) is 28.3 Å². The molecule has 1 rings (SSSR count). The second-order valence-corrected chi connectivity index (χ2v) is 8.10. The van der Waals surface area contributed by atoms with Crippen LogP contribution >= 0.6 is 23.2 Å². The maximum absolute atomic E-state index is 12.0. The average Bonchev–Trinajstić information content (AvgIpc) is 2.35. The number of benzene rings is 1. The Morgan fingerprint density at radius 3 is 2.52 bits per heavy atom. The molecule has 0 aliphatic rings. The number of primary sulfonamides is 1. The van der Waals surface area contributed by atoms with Crippen molar-refractivity contribution in [3.8, 4) is 0 Å². The van der Waals surface area contributed by atoms with Gasteiger partial charge in [-0.05, 0) is 18.6 Å². The largest absolute Gasteiger partial charge is 0.352 e. The van der Waals surface area contributed by atoms with Gasteiger partial charge in [0.25, 0.3) is 5.91 Å². The zero-order chi connectivity index (χ0) is 16.2. The van der Waals surface area contributed by atoms with E-state index in [1.54, 1.807) is 6.26 Å². The Morgan fingerprint density at radius 2 is 2.00 bits per heavy atom. The standard InChI is InChI=1S/C11H14Cl2N2O4S2/c1-20(17)4-2-3-15-11(16)8-5-7(12)6-9(10(8)13)21(14,18)19/h5-6H,2-4H2,1H3,(H,15,16)(H2,14,18,19). The van der Waals surface area contributed by atoms with Gasteiger partial charge in [0.2, 0.25) is 10.0 Å². The average molecular weight is 373 g/mol. The molecule has 0 aliphatic carbocycles. The zero-order valence-electron chi connectivity index (χ0n) is 11.1. The highest BCUT2D eigenvalue weighted by Gasteiger charge is 2.21. The van der Waals surface area contributed by atoms with Gasteiger partial charge in [0.1, 0.15) is 4.90 Å². The molecule has 1 aromatic carbocycles. The Labute approximate surface area is 135 Å². The molecule has 1 aromatic rings. The minimum atomic E-state index is -4.09. The van der Waals surface area contributed by atoms with Gasteiger partial charge in [0.05, 0.1) is 10.6 Å². The lowest BCUT2D eigenvalue weighted by atomic mass is 10.2. The lowest BCUT2D eigenvalue weighted by molar-refractivity contribution is 0.0953. The van der Waals surface area contributed by atoms with Crippen molar-refractivity contribution in [3.63, 3.8) is 0 Å². The minimum absolute atomic E-state index is 0.0308. The molecule has 0 aromatic heterocycles. The van der Waals surface area contributed by atoms with Gasteiger partial charge in [-0.2, -0.15) is 0 Å².